The Morgan fingerprint density at radius 3 is 2.83 bits per heavy atom. The van der Waals surface area contributed by atoms with Gasteiger partial charge in [0.2, 0.25) is 0 Å². The second-order valence-corrected chi connectivity index (χ2v) is 2.70. The highest BCUT2D eigenvalue weighted by Crippen LogP contribution is 1.98. The Kier molecular flexibility index (Phi) is 3.25. The minimum atomic E-state index is -1.38. The van der Waals surface area contributed by atoms with Crippen LogP contribution in [0.4, 0.5) is 0 Å². The molecule has 0 amide bonds. The SMILES string of the molecule is CCCc1cnccc1B(O)O. The number of hydrogen-bond donors (Lipinski definition) is 2. The fraction of sp³-hybridized carbons (Fsp3) is 0.375. The molecule has 0 aliphatic rings. The lowest BCUT2D eigenvalue weighted by Crippen LogP contribution is -2.33. The van der Waals surface area contributed by atoms with Gasteiger partial charge in [0.05, 0.1) is 0 Å². The van der Waals surface area contributed by atoms with Crippen LogP contribution in [0.25, 0.3) is 0 Å². The molecule has 0 atom stereocenters. The highest BCUT2D eigenvalue weighted by molar-refractivity contribution is 6.59. The average molecular weight is 165 g/mol. The molecule has 4 heteroatoms. The molecule has 1 heterocycles. The summed E-state index contributed by atoms with van der Waals surface area (Å²) in [5.74, 6) is 0. The quantitative estimate of drug-likeness (QED) is 0.605. The highest BCUT2D eigenvalue weighted by Gasteiger charge is 2.14. The van der Waals surface area contributed by atoms with E-state index in [0.717, 1.165) is 18.4 Å². The predicted molar refractivity (Wildman–Crippen MR) is 48.1 cm³/mol. The van der Waals surface area contributed by atoms with Crippen molar-refractivity contribution in [3.63, 3.8) is 0 Å². The Labute approximate surface area is 72.2 Å². The van der Waals surface area contributed by atoms with Crippen molar-refractivity contribution in [2.24, 2.45) is 0 Å². The van der Waals surface area contributed by atoms with E-state index >= 15 is 0 Å². The van der Waals surface area contributed by atoms with Gasteiger partial charge in [-0.15, -0.1) is 0 Å². The van der Waals surface area contributed by atoms with Gasteiger partial charge < -0.3 is 10.0 Å². The molecule has 64 valence electrons. The smallest absolute Gasteiger partial charge is 0.423 e. The summed E-state index contributed by atoms with van der Waals surface area (Å²) in [5, 5.41) is 17.9. The first-order valence-electron chi connectivity index (χ1n) is 4.04. The number of pyridine rings is 1. The molecule has 1 aromatic heterocycles. The maximum atomic E-state index is 8.96. The van der Waals surface area contributed by atoms with Gasteiger partial charge in [0.1, 0.15) is 0 Å². The Morgan fingerprint density at radius 1 is 1.50 bits per heavy atom. The molecule has 2 N–H and O–H groups in total. The molecule has 0 unspecified atom stereocenters. The van der Waals surface area contributed by atoms with Crippen molar-refractivity contribution in [1.29, 1.82) is 0 Å². The highest BCUT2D eigenvalue weighted by atomic mass is 16.4. The lowest BCUT2D eigenvalue weighted by atomic mass is 9.77. The summed E-state index contributed by atoms with van der Waals surface area (Å²) in [6, 6.07) is 1.63. The Hall–Kier alpha value is -0.865. The van der Waals surface area contributed by atoms with E-state index in [1.165, 1.54) is 0 Å². The molecule has 0 aliphatic heterocycles. The molecule has 12 heavy (non-hydrogen) atoms. The van der Waals surface area contributed by atoms with Crippen LogP contribution in [0.3, 0.4) is 0 Å². The zero-order valence-electron chi connectivity index (χ0n) is 7.07. The number of aromatic nitrogens is 1. The van der Waals surface area contributed by atoms with Gasteiger partial charge in [0.15, 0.2) is 0 Å². The minimum Gasteiger partial charge on any atom is -0.423 e. The molecule has 1 rings (SSSR count). The fourth-order valence-corrected chi connectivity index (χ4v) is 1.17. The number of rotatable bonds is 3. The van der Waals surface area contributed by atoms with Crippen molar-refractivity contribution in [3.05, 3.63) is 24.0 Å². The van der Waals surface area contributed by atoms with Crippen LogP contribution >= 0.6 is 0 Å². The third kappa shape index (κ3) is 2.06. The third-order valence-corrected chi connectivity index (χ3v) is 1.74. The van der Waals surface area contributed by atoms with Crippen LogP contribution in [-0.2, 0) is 6.42 Å². The van der Waals surface area contributed by atoms with Crippen LogP contribution in [0.15, 0.2) is 18.5 Å². The topological polar surface area (TPSA) is 53.4 Å². The van der Waals surface area contributed by atoms with Crippen molar-refractivity contribution in [2.45, 2.75) is 19.8 Å². The molecule has 0 spiro atoms. The molecule has 0 bridgehead atoms. The van der Waals surface area contributed by atoms with E-state index in [1.807, 2.05) is 6.92 Å². The van der Waals surface area contributed by atoms with E-state index in [0.29, 0.717) is 5.46 Å². The van der Waals surface area contributed by atoms with Gasteiger partial charge in [-0.1, -0.05) is 13.3 Å². The van der Waals surface area contributed by atoms with E-state index in [-0.39, 0.29) is 0 Å². The Bertz CT molecular complexity index is 253. The maximum Gasteiger partial charge on any atom is 0.488 e. The van der Waals surface area contributed by atoms with E-state index in [2.05, 4.69) is 4.98 Å². The van der Waals surface area contributed by atoms with Crippen molar-refractivity contribution in [1.82, 2.24) is 4.98 Å². The van der Waals surface area contributed by atoms with Crippen LogP contribution < -0.4 is 5.46 Å². The standard InChI is InChI=1S/C8H12BNO2/c1-2-3-7-6-10-5-4-8(7)9(11)12/h4-6,11-12H,2-3H2,1H3. The van der Waals surface area contributed by atoms with Crippen molar-refractivity contribution < 1.29 is 10.0 Å². The molecule has 0 saturated heterocycles. The lowest BCUT2D eigenvalue weighted by molar-refractivity contribution is 0.425. The summed E-state index contributed by atoms with van der Waals surface area (Å²) >= 11 is 0. The summed E-state index contributed by atoms with van der Waals surface area (Å²) in [6.45, 7) is 2.04. The Balaban J connectivity index is 2.92. The normalized spacial score (nSPS) is 9.92. The second-order valence-electron chi connectivity index (χ2n) is 2.70. The van der Waals surface area contributed by atoms with Gasteiger partial charge in [0.25, 0.3) is 0 Å². The summed E-state index contributed by atoms with van der Waals surface area (Å²) in [6.07, 6.45) is 5.05. The summed E-state index contributed by atoms with van der Waals surface area (Å²) in [4.78, 5) is 3.92. The summed E-state index contributed by atoms with van der Waals surface area (Å²) in [7, 11) is -1.38. The number of nitrogens with zero attached hydrogens (tertiary/aromatic N) is 1. The molecular formula is C8H12BNO2. The van der Waals surface area contributed by atoms with Crippen molar-refractivity contribution in [3.8, 4) is 0 Å². The van der Waals surface area contributed by atoms with Crippen LogP contribution in [0.1, 0.15) is 18.9 Å². The third-order valence-electron chi connectivity index (χ3n) is 1.74. The van der Waals surface area contributed by atoms with Crippen molar-refractivity contribution >= 4 is 12.6 Å². The minimum absolute atomic E-state index is 0.562. The number of hydrogen-bond acceptors (Lipinski definition) is 3. The molecule has 0 aromatic carbocycles. The van der Waals surface area contributed by atoms with E-state index < -0.39 is 7.12 Å². The molecule has 3 nitrogen and oxygen atoms in total. The van der Waals surface area contributed by atoms with E-state index in [4.69, 9.17) is 10.0 Å². The van der Waals surface area contributed by atoms with Gasteiger partial charge in [-0.05, 0) is 23.5 Å². The number of aryl methyl sites for hydroxylation is 1. The van der Waals surface area contributed by atoms with Gasteiger partial charge in [-0.25, -0.2) is 0 Å². The maximum absolute atomic E-state index is 8.96. The predicted octanol–water partition coefficient (Wildman–Crippen LogP) is -0.286. The van der Waals surface area contributed by atoms with Crippen LogP contribution in [0, 0.1) is 0 Å². The zero-order chi connectivity index (χ0) is 8.97. The molecule has 0 saturated carbocycles. The van der Waals surface area contributed by atoms with Gasteiger partial charge in [-0.2, -0.15) is 0 Å². The Morgan fingerprint density at radius 2 is 2.25 bits per heavy atom. The second kappa shape index (κ2) is 4.23. The van der Waals surface area contributed by atoms with E-state index in [1.54, 1.807) is 18.5 Å². The summed E-state index contributed by atoms with van der Waals surface area (Å²) in [5.41, 5.74) is 1.47. The largest absolute Gasteiger partial charge is 0.488 e. The van der Waals surface area contributed by atoms with Crippen molar-refractivity contribution in [2.75, 3.05) is 0 Å². The van der Waals surface area contributed by atoms with Gasteiger partial charge in [0, 0.05) is 12.4 Å². The first-order chi connectivity index (χ1) is 5.75. The van der Waals surface area contributed by atoms with Crippen LogP contribution in [0.2, 0.25) is 0 Å². The first-order valence-corrected chi connectivity index (χ1v) is 4.04. The fourth-order valence-electron chi connectivity index (χ4n) is 1.17. The van der Waals surface area contributed by atoms with Crippen LogP contribution in [-0.4, -0.2) is 22.2 Å². The van der Waals surface area contributed by atoms with Crippen LogP contribution in [0.5, 0.6) is 0 Å². The van der Waals surface area contributed by atoms with Gasteiger partial charge in [-0.3, -0.25) is 4.98 Å². The molecule has 1 aromatic rings. The molecule has 0 aliphatic carbocycles. The molecule has 0 fully saturated rings. The average Bonchev–Trinajstić information content (AvgIpc) is 2.05. The summed E-state index contributed by atoms with van der Waals surface area (Å²) < 4.78 is 0. The zero-order valence-corrected chi connectivity index (χ0v) is 7.07. The lowest BCUT2D eigenvalue weighted by Gasteiger charge is -2.05. The monoisotopic (exact) mass is 165 g/mol. The van der Waals surface area contributed by atoms with Gasteiger partial charge >= 0.3 is 7.12 Å². The molecule has 0 radical (unpaired) electrons. The molecular weight excluding hydrogens is 153 g/mol. The van der Waals surface area contributed by atoms with E-state index in [9.17, 15) is 0 Å². The first kappa shape index (κ1) is 9.22.